The second-order valence-corrected chi connectivity index (χ2v) is 7.81. The van der Waals surface area contributed by atoms with E-state index in [9.17, 15) is 5.11 Å². The molecular formula is C21H22BNO3. The highest BCUT2D eigenvalue weighted by Crippen LogP contribution is 2.33. The van der Waals surface area contributed by atoms with Crippen LogP contribution >= 0.6 is 0 Å². The molecule has 0 atom stereocenters. The first-order chi connectivity index (χ1) is 12.3. The normalized spacial score (nSPS) is 13.0. The van der Waals surface area contributed by atoms with Crippen LogP contribution in [-0.4, -0.2) is 28.8 Å². The van der Waals surface area contributed by atoms with Gasteiger partial charge in [-0.3, -0.25) is 4.98 Å². The molecule has 0 radical (unpaired) electrons. The van der Waals surface area contributed by atoms with E-state index in [4.69, 9.17) is 9.07 Å². The Labute approximate surface area is 153 Å². The van der Waals surface area contributed by atoms with Crippen LogP contribution in [-0.2, 0) is 4.65 Å². The highest BCUT2D eigenvalue weighted by Gasteiger charge is 2.35. The first-order valence-corrected chi connectivity index (χ1v) is 8.81. The van der Waals surface area contributed by atoms with Crippen molar-refractivity contribution in [3.63, 3.8) is 0 Å². The monoisotopic (exact) mass is 347 g/mol. The minimum atomic E-state index is -0.931. The van der Waals surface area contributed by atoms with Gasteiger partial charge in [0.2, 0.25) is 0 Å². The van der Waals surface area contributed by atoms with Gasteiger partial charge < -0.3 is 14.2 Å². The third kappa shape index (κ3) is 2.77. The Balaban J connectivity index is 1.80. The molecule has 0 aliphatic heterocycles. The van der Waals surface area contributed by atoms with Crippen molar-refractivity contribution in [2.75, 3.05) is 0 Å². The molecule has 4 aromatic rings. The summed E-state index contributed by atoms with van der Waals surface area (Å²) in [6.45, 7) is 7.33. The van der Waals surface area contributed by atoms with Crippen molar-refractivity contribution in [1.82, 2.24) is 4.98 Å². The summed E-state index contributed by atoms with van der Waals surface area (Å²) in [5, 5.41) is 13.5. The first kappa shape index (κ1) is 17.1. The maximum Gasteiger partial charge on any atom is 0.309 e. The van der Waals surface area contributed by atoms with E-state index in [1.165, 1.54) is 0 Å². The number of aliphatic hydroxyl groups is 1. The van der Waals surface area contributed by atoms with Gasteiger partial charge in [0.1, 0.15) is 5.58 Å². The molecule has 5 heteroatoms. The van der Waals surface area contributed by atoms with E-state index >= 15 is 0 Å². The molecular weight excluding hydrogens is 325 g/mol. The Morgan fingerprint density at radius 1 is 1.00 bits per heavy atom. The highest BCUT2D eigenvalue weighted by molar-refractivity contribution is 6.47. The van der Waals surface area contributed by atoms with Gasteiger partial charge in [0, 0.05) is 16.2 Å². The van der Waals surface area contributed by atoms with Crippen LogP contribution in [0.1, 0.15) is 27.7 Å². The van der Waals surface area contributed by atoms with Crippen LogP contribution in [0.15, 0.2) is 53.1 Å². The van der Waals surface area contributed by atoms with Crippen molar-refractivity contribution in [3.05, 3.63) is 48.7 Å². The number of furan rings is 1. The summed E-state index contributed by atoms with van der Waals surface area (Å²) in [5.41, 5.74) is 2.02. The van der Waals surface area contributed by atoms with Crippen LogP contribution in [0.2, 0.25) is 0 Å². The van der Waals surface area contributed by atoms with E-state index in [2.05, 4.69) is 17.1 Å². The van der Waals surface area contributed by atoms with E-state index in [-0.39, 0.29) is 0 Å². The van der Waals surface area contributed by atoms with Gasteiger partial charge in [-0.25, -0.2) is 0 Å². The summed E-state index contributed by atoms with van der Waals surface area (Å²) in [6.07, 6.45) is 1.78. The molecule has 0 saturated carbocycles. The van der Waals surface area contributed by atoms with Crippen LogP contribution in [0.5, 0.6) is 0 Å². The molecule has 0 bridgehead atoms. The fraction of sp³-hybridized carbons (Fsp3) is 0.286. The fourth-order valence-electron chi connectivity index (χ4n) is 2.99. The Morgan fingerprint density at radius 2 is 1.77 bits per heavy atom. The van der Waals surface area contributed by atoms with Gasteiger partial charge in [-0.1, -0.05) is 35.8 Å². The largest absolute Gasteiger partial charge is 0.454 e. The molecule has 2 aromatic heterocycles. The molecule has 0 aliphatic rings. The van der Waals surface area contributed by atoms with E-state index in [0.717, 1.165) is 38.3 Å². The lowest BCUT2D eigenvalue weighted by molar-refractivity contribution is -0.0893. The van der Waals surface area contributed by atoms with Crippen molar-refractivity contribution in [1.29, 1.82) is 0 Å². The molecule has 132 valence electrons. The molecule has 2 aromatic carbocycles. The molecule has 0 unspecified atom stereocenters. The number of aromatic nitrogens is 1. The second kappa shape index (κ2) is 5.83. The maximum atomic E-state index is 10.3. The second-order valence-electron chi connectivity index (χ2n) is 7.81. The third-order valence-corrected chi connectivity index (χ3v) is 5.35. The number of hydrogen-bond acceptors (Lipinski definition) is 4. The molecule has 1 N–H and O–H groups in total. The average Bonchev–Trinajstić information content (AvgIpc) is 2.98. The molecule has 0 saturated heterocycles. The fourth-order valence-corrected chi connectivity index (χ4v) is 2.99. The number of hydrogen-bond donors (Lipinski definition) is 1. The van der Waals surface area contributed by atoms with Gasteiger partial charge in [-0.05, 0) is 39.8 Å². The predicted octanol–water partition coefficient (Wildman–Crippen LogP) is 3.68. The Bertz CT molecular complexity index is 1110. The van der Waals surface area contributed by atoms with E-state index in [1.807, 2.05) is 44.2 Å². The van der Waals surface area contributed by atoms with Crippen molar-refractivity contribution < 1.29 is 14.2 Å². The van der Waals surface area contributed by atoms with E-state index in [1.54, 1.807) is 20.0 Å². The molecule has 0 aliphatic carbocycles. The SMILES string of the molecule is CC(C)(O)C(C)(C)OBc1ccc2ncc3oc4ccccc4c3c2c1. The number of nitrogens with zero attached hydrogens (tertiary/aromatic N) is 1. The Hall–Kier alpha value is -2.37. The lowest BCUT2D eigenvalue weighted by atomic mass is 9.82. The zero-order valence-electron chi connectivity index (χ0n) is 15.5. The van der Waals surface area contributed by atoms with Gasteiger partial charge >= 0.3 is 7.48 Å². The number of rotatable bonds is 4. The summed E-state index contributed by atoms with van der Waals surface area (Å²) in [7, 11) is 0.416. The zero-order valence-corrected chi connectivity index (χ0v) is 15.5. The van der Waals surface area contributed by atoms with Crippen LogP contribution in [0, 0.1) is 0 Å². The van der Waals surface area contributed by atoms with Gasteiger partial charge in [-0.15, -0.1) is 0 Å². The standard InChI is InChI=1S/C21H22BNO3/c1-20(2,24)21(3,4)26-22-13-9-10-16-15(11-13)19-14-7-5-6-8-17(14)25-18(19)12-23-16/h5-12,22,24H,1-4H3. The molecule has 4 nitrogen and oxygen atoms in total. The molecule has 0 amide bonds. The van der Waals surface area contributed by atoms with Crippen LogP contribution in [0.4, 0.5) is 0 Å². The topological polar surface area (TPSA) is 55.5 Å². The van der Waals surface area contributed by atoms with E-state index < -0.39 is 11.2 Å². The smallest absolute Gasteiger partial charge is 0.309 e. The van der Waals surface area contributed by atoms with Crippen LogP contribution < -0.4 is 5.46 Å². The Morgan fingerprint density at radius 3 is 2.54 bits per heavy atom. The van der Waals surface area contributed by atoms with Crippen LogP contribution in [0.25, 0.3) is 32.8 Å². The van der Waals surface area contributed by atoms with Crippen molar-refractivity contribution in [2.24, 2.45) is 0 Å². The lowest BCUT2D eigenvalue weighted by Crippen LogP contribution is -2.49. The quantitative estimate of drug-likeness (QED) is 0.572. The van der Waals surface area contributed by atoms with Crippen molar-refractivity contribution in [2.45, 2.75) is 38.9 Å². The molecule has 26 heavy (non-hydrogen) atoms. The number of benzene rings is 2. The lowest BCUT2D eigenvalue weighted by Gasteiger charge is -2.37. The number of para-hydroxylation sites is 1. The maximum absolute atomic E-state index is 10.3. The molecule has 4 rings (SSSR count). The predicted molar refractivity (Wildman–Crippen MR) is 107 cm³/mol. The zero-order chi connectivity index (χ0) is 18.5. The van der Waals surface area contributed by atoms with E-state index in [0.29, 0.717) is 7.48 Å². The first-order valence-electron chi connectivity index (χ1n) is 8.81. The van der Waals surface area contributed by atoms with Crippen molar-refractivity contribution >= 4 is 45.8 Å². The third-order valence-electron chi connectivity index (χ3n) is 5.35. The summed E-state index contributed by atoms with van der Waals surface area (Å²) >= 11 is 0. The summed E-state index contributed by atoms with van der Waals surface area (Å²) in [5.74, 6) is 0. The van der Waals surface area contributed by atoms with Gasteiger partial charge in [0.15, 0.2) is 5.58 Å². The van der Waals surface area contributed by atoms with Gasteiger partial charge in [0.25, 0.3) is 0 Å². The summed E-state index contributed by atoms with van der Waals surface area (Å²) in [4.78, 5) is 4.52. The number of fused-ring (bicyclic) bond motifs is 5. The Kier molecular flexibility index (Phi) is 3.83. The number of pyridine rings is 1. The minimum absolute atomic E-state index is 0.416. The highest BCUT2D eigenvalue weighted by atomic mass is 16.5. The van der Waals surface area contributed by atoms with Crippen LogP contribution in [0.3, 0.4) is 0 Å². The molecule has 0 fully saturated rings. The minimum Gasteiger partial charge on any atom is -0.454 e. The van der Waals surface area contributed by atoms with Crippen molar-refractivity contribution in [3.8, 4) is 0 Å². The average molecular weight is 347 g/mol. The molecule has 2 heterocycles. The molecule has 0 spiro atoms. The summed E-state index contributed by atoms with van der Waals surface area (Å²) < 4.78 is 11.9. The summed E-state index contributed by atoms with van der Waals surface area (Å²) in [6, 6.07) is 14.2. The van der Waals surface area contributed by atoms with Gasteiger partial charge in [0.05, 0.1) is 22.9 Å². The van der Waals surface area contributed by atoms with Gasteiger partial charge in [-0.2, -0.15) is 0 Å².